The van der Waals surface area contributed by atoms with Crippen LogP contribution < -0.4 is 9.47 Å². The molecule has 0 radical (unpaired) electrons. The maximum Gasteiger partial charge on any atom is 0.191 e. The molecule has 0 amide bonds. The molecule has 0 atom stereocenters. The first kappa shape index (κ1) is 15.5. The average molecular weight is 266 g/mol. The van der Waals surface area contributed by atoms with Crippen molar-refractivity contribution in [1.29, 1.82) is 0 Å². The molecule has 0 saturated heterocycles. The van der Waals surface area contributed by atoms with E-state index < -0.39 is 0 Å². The summed E-state index contributed by atoms with van der Waals surface area (Å²) in [6.45, 7) is 9.52. The smallest absolute Gasteiger partial charge is 0.191 e. The van der Waals surface area contributed by atoms with Crippen molar-refractivity contribution >= 4 is 0 Å². The van der Waals surface area contributed by atoms with Crippen molar-refractivity contribution in [3.05, 3.63) is 36.9 Å². The van der Waals surface area contributed by atoms with Crippen LogP contribution in [0.4, 0.5) is 0 Å². The number of benzene rings is 1. The molecule has 1 aromatic rings. The van der Waals surface area contributed by atoms with Gasteiger partial charge in [0.1, 0.15) is 24.7 Å². The van der Waals surface area contributed by atoms with Crippen LogP contribution in [0, 0.1) is 0 Å². The highest BCUT2D eigenvalue weighted by Crippen LogP contribution is 2.18. The van der Waals surface area contributed by atoms with Gasteiger partial charge in [0.2, 0.25) is 0 Å². The summed E-state index contributed by atoms with van der Waals surface area (Å²) in [6.07, 6.45) is 1.38. The Morgan fingerprint density at radius 2 is 1.53 bits per heavy atom. The summed E-state index contributed by atoms with van der Waals surface area (Å²) in [7, 11) is 0. The van der Waals surface area contributed by atoms with Crippen molar-refractivity contribution in [1.82, 2.24) is 0 Å². The molecule has 0 N–H and O–H groups in total. The molecule has 0 unspecified atom stereocenters. The Kier molecular flexibility index (Phi) is 7.70. The maximum absolute atomic E-state index is 5.61. The Morgan fingerprint density at radius 3 is 2.00 bits per heavy atom. The van der Waals surface area contributed by atoms with Crippen LogP contribution in [0.25, 0.3) is 0 Å². The lowest BCUT2D eigenvalue weighted by Gasteiger charge is -2.17. The Bertz CT molecular complexity index is 342. The summed E-state index contributed by atoms with van der Waals surface area (Å²) in [5, 5.41) is 0. The minimum Gasteiger partial charge on any atom is -0.490 e. The highest BCUT2D eigenvalue weighted by molar-refractivity contribution is 5.31. The molecule has 0 aliphatic carbocycles. The first-order valence-electron chi connectivity index (χ1n) is 6.49. The standard InChI is InChI=1S/C15H22O4/c1-4-11-18-13-7-9-14(10-8-13)19-12-15(16-5-2)17-6-3/h4,7-10,15H,1,5-6,11-12H2,2-3H3. The van der Waals surface area contributed by atoms with E-state index in [0.29, 0.717) is 26.4 Å². The molecule has 0 fully saturated rings. The van der Waals surface area contributed by atoms with E-state index in [9.17, 15) is 0 Å². The number of ether oxygens (including phenoxy) is 4. The molecule has 0 spiro atoms. The summed E-state index contributed by atoms with van der Waals surface area (Å²) >= 11 is 0. The largest absolute Gasteiger partial charge is 0.490 e. The molecule has 0 aliphatic rings. The van der Waals surface area contributed by atoms with Crippen LogP contribution in [0.15, 0.2) is 36.9 Å². The Morgan fingerprint density at radius 1 is 1.00 bits per heavy atom. The van der Waals surface area contributed by atoms with Gasteiger partial charge < -0.3 is 18.9 Å². The minimum absolute atomic E-state index is 0.327. The van der Waals surface area contributed by atoms with Gasteiger partial charge in [-0.1, -0.05) is 12.7 Å². The van der Waals surface area contributed by atoms with Crippen molar-refractivity contribution in [2.24, 2.45) is 0 Å². The fourth-order valence-electron chi connectivity index (χ4n) is 1.47. The molecular weight excluding hydrogens is 244 g/mol. The second-order valence-corrected chi connectivity index (χ2v) is 3.72. The van der Waals surface area contributed by atoms with Crippen LogP contribution in [-0.2, 0) is 9.47 Å². The van der Waals surface area contributed by atoms with Crippen molar-refractivity contribution in [3.63, 3.8) is 0 Å². The summed E-state index contributed by atoms with van der Waals surface area (Å²) in [4.78, 5) is 0. The van der Waals surface area contributed by atoms with Crippen LogP contribution in [0.5, 0.6) is 11.5 Å². The molecule has 1 aromatic carbocycles. The van der Waals surface area contributed by atoms with Gasteiger partial charge in [-0.25, -0.2) is 0 Å². The summed E-state index contributed by atoms with van der Waals surface area (Å²) in [6, 6.07) is 7.42. The zero-order valence-electron chi connectivity index (χ0n) is 11.6. The first-order chi connectivity index (χ1) is 9.30. The molecule has 0 aliphatic heterocycles. The van der Waals surface area contributed by atoms with Crippen LogP contribution >= 0.6 is 0 Å². The van der Waals surface area contributed by atoms with Gasteiger partial charge in [0, 0.05) is 13.2 Å². The van der Waals surface area contributed by atoms with Gasteiger partial charge in [-0.2, -0.15) is 0 Å². The molecule has 19 heavy (non-hydrogen) atoms. The van der Waals surface area contributed by atoms with E-state index in [2.05, 4.69) is 6.58 Å². The molecule has 0 heterocycles. The predicted octanol–water partition coefficient (Wildman–Crippen LogP) is 3.03. The second-order valence-electron chi connectivity index (χ2n) is 3.72. The summed E-state index contributed by atoms with van der Waals surface area (Å²) in [5.74, 6) is 1.55. The summed E-state index contributed by atoms with van der Waals surface area (Å²) in [5.41, 5.74) is 0. The van der Waals surface area contributed by atoms with Crippen LogP contribution in [0.1, 0.15) is 13.8 Å². The SMILES string of the molecule is C=CCOc1ccc(OCC(OCC)OCC)cc1. The fourth-order valence-corrected chi connectivity index (χ4v) is 1.47. The monoisotopic (exact) mass is 266 g/mol. The van der Waals surface area contributed by atoms with E-state index in [1.165, 1.54) is 0 Å². The van der Waals surface area contributed by atoms with Crippen LogP contribution in [-0.4, -0.2) is 32.7 Å². The topological polar surface area (TPSA) is 36.9 Å². The highest BCUT2D eigenvalue weighted by atomic mass is 16.7. The van der Waals surface area contributed by atoms with Crippen molar-refractivity contribution < 1.29 is 18.9 Å². The second kappa shape index (κ2) is 9.42. The van der Waals surface area contributed by atoms with Gasteiger partial charge in [-0.05, 0) is 38.1 Å². The van der Waals surface area contributed by atoms with Crippen molar-refractivity contribution in [3.8, 4) is 11.5 Å². The third kappa shape index (κ3) is 6.27. The van der Waals surface area contributed by atoms with E-state index in [-0.39, 0.29) is 6.29 Å². The lowest BCUT2D eigenvalue weighted by atomic mass is 10.3. The normalized spacial score (nSPS) is 10.5. The number of hydrogen-bond acceptors (Lipinski definition) is 4. The number of hydrogen-bond donors (Lipinski definition) is 0. The molecule has 0 bridgehead atoms. The molecular formula is C15H22O4. The molecule has 4 heteroatoms. The van der Waals surface area contributed by atoms with E-state index in [4.69, 9.17) is 18.9 Å². The van der Waals surface area contributed by atoms with E-state index in [0.717, 1.165) is 11.5 Å². The highest BCUT2D eigenvalue weighted by Gasteiger charge is 2.08. The van der Waals surface area contributed by atoms with Gasteiger partial charge in [0.25, 0.3) is 0 Å². The van der Waals surface area contributed by atoms with Gasteiger partial charge >= 0.3 is 0 Å². The van der Waals surface area contributed by atoms with Gasteiger partial charge in [-0.3, -0.25) is 0 Å². The Balaban J connectivity index is 2.41. The van der Waals surface area contributed by atoms with E-state index in [1.54, 1.807) is 6.08 Å². The average Bonchev–Trinajstić information content (AvgIpc) is 2.44. The lowest BCUT2D eigenvalue weighted by Crippen LogP contribution is -2.25. The molecule has 106 valence electrons. The van der Waals surface area contributed by atoms with Gasteiger partial charge in [0.05, 0.1) is 0 Å². The first-order valence-corrected chi connectivity index (χ1v) is 6.49. The quantitative estimate of drug-likeness (QED) is 0.482. The molecule has 0 saturated carbocycles. The third-order valence-corrected chi connectivity index (χ3v) is 2.28. The Labute approximate surface area is 114 Å². The van der Waals surface area contributed by atoms with Crippen molar-refractivity contribution in [2.75, 3.05) is 26.4 Å². The van der Waals surface area contributed by atoms with Crippen LogP contribution in [0.3, 0.4) is 0 Å². The van der Waals surface area contributed by atoms with E-state index in [1.807, 2.05) is 38.1 Å². The zero-order chi connectivity index (χ0) is 13.9. The maximum atomic E-state index is 5.61. The summed E-state index contributed by atoms with van der Waals surface area (Å²) < 4.78 is 21.8. The minimum atomic E-state index is -0.327. The van der Waals surface area contributed by atoms with Crippen molar-refractivity contribution in [2.45, 2.75) is 20.1 Å². The van der Waals surface area contributed by atoms with Gasteiger partial charge in [-0.15, -0.1) is 0 Å². The lowest BCUT2D eigenvalue weighted by molar-refractivity contribution is -0.152. The van der Waals surface area contributed by atoms with Gasteiger partial charge in [0.15, 0.2) is 6.29 Å². The molecule has 4 nitrogen and oxygen atoms in total. The predicted molar refractivity (Wildman–Crippen MR) is 74.7 cm³/mol. The van der Waals surface area contributed by atoms with E-state index >= 15 is 0 Å². The third-order valence-electron chi connectivity index (χ3n) is 2.28. The number of rotatable bonds is 10. The van der Waals surface area contributed by atoms with Crippen LogP contribution in [0.2, 0.25) is 0 Å². The molecule has 1 rings (SSSR count). The Hall–Kier alpha value is -1.52. The molecule has 0 aromatic heterocycles. The fraction of sp³-hybridized carbons (Fsp3) is 0.467. The zero-order valence-corrected chi connectivity index (χ0v) is 11.6.